The second-order valence-electron chi connectivity index (χ2n) is 3.93. The molecule has 0 spiro atoms. The maximum absolute atomic E-state index is 11.2. The lowest BCUT2D eigenvalue weighted by Crippen LogP contribution is -2.01. The molecular weight excluding hydrogens is 248 g/mol. The van der Waals surface area contributed by atoms with E-state index in [0.717, 1.165) is 0 Å². The first-order chi connectivity index (χ1) is 9.13. The summed E-state index contributed by atoms with van der Waals surface area (Å²) in [5.41, 5.74) is 2.14. The molecule has 2 heterocycles. The van der Waals surface area contributed by atoms with Gasteiger partial charge in [0.05, 0.1) is 16.7 Å². The second-order valence-corrected chi connectivity index (χ2v) is 3.93. The van der Waals surface area contributed by atoms with Crippen LogP contribution in [-0.4, -0.2) is 31.0 Å². The third-order valence-corrected chi connectivity index (χ3v) is 2.70. The molecule has 0 saturated carbocycles. The number of aromatic carboxylic acids is 1. The van der Waals surface area contributed by atoms with Crippen molar-refractivity contribution in [2.45, 2.75) is 0 Å². The van der Waals surface area contributed by atoms with Crippen LogP contribution in [0.3, 0.4) is 0 Å². The molecule has 0 fully saturated rings. The van der Waals surface area contributed by atoms with Gasteiger partial charge in [-0.15, -0.1) is 0 Å². The number of nitrogens with one attached hydrogen (secondary N) is 2. The highest BCUT2D eigenvalue weighted by molar-refractivity contribution is 5.87. The first kappa shape index (κ1) is 11.1. The van der Waals surface area contributed by atoms with Crippen LogP contribution in [0.4, 0.5) is 0 Å². The summed E-state index contributed by atoms with van der Waals surface area (Å²) in [6, 6.07) is 6.58. The Kier molecular flexibility index (Phi) is 2.38. The average Bonchev–Trinajstić information content (AvgIpc) is 2.77. The molecule has 0 amide bonds. The van der Waals surface area contributed by atoms with Crippen LogP contribution in [0, 0.1) is 0 Å². The van der Waals surface area contributed by atoms with Gasteiger partial charge < -0.3 is 15.1 Å². The second kappa shape index (κ2) is 4.05. The summed E-state index contributed by atoms with van der Waals surface area (Å²) in [6.45, 7) is 0. The minimum atomic E-state index is -1.11. The zero-order chi connectivity index (χ0) is 13.4. The van der Waals surface area contributed by atoms with Crippen LogP contribution >= 0.6 is 0 Å². The molecule has 0 atom stereocenters. The molecule has 3 N–H and O–H groups in total. The van der Waals surface area contributed by atoms with Gasteiger partial charge in [0, 0.05) is 5.56 Å². The molecule has 3 aromatic rings. The van der Waals surface area contributed by atoms with Crippen molar-refractivity contribution in [3.63, 3.8) is 0 Å². The number of hydrogen-bond donors (Lipinski definition) is 3. The topological polar surface area (TPSA) is 112 Å². The molecule has 0 radical (unpaired) electrons. The predicted molar refractivity (Wildman–Crippen MR) is 66.9 cm³/mol. The van der Waals surface area contributed by atoms with Gasteiger partial charge in [0.25, 0.3) is 0 Å². The van der Waals surface area contributed by atoms with Gasteiger partial charge in [-0.05, 0) is 18.2 Å². The third kappa shape index (κ3) is 1.97. The predicted octanol–water partition coefficient (Wildman–Crippen LogP) is 1.01. The summed E-state index contributed by atoms with van der Waals surface area (Å²) < 4.78 is 0. The minimum absolute atomic E-state index is 0.0762. The van der Waals surface area contributed by atoms with Crippen LogP contribution in [0.25, 0.3) is 22.3 Å². The highest BCUT2D eigenvalue weighted by Crippen LogP contribution is 2.20. The maximum Gasteiger partial charge on any atom is 0.354 e. The molecule has 0 aliphatic carbocycles. The summed E-state index contributed by atoms with van der Waals surface area (Å²) in [5.74, 6) is -1.11. The quantitative estimate of drug-likeness (QED) is 0.633. The number of carboxylic acid groups (broad SMARTS) is 1. The monoisotopic (exact) mass is 256 g/mol. The standard InChI is InChI=1S/C12H8N4O3/c17-11(18)10-4-8(13-5-14-10)6-1-2-7-9(3-6)16-12(19)15-7/h1-5H,(H,17,18)(H2,15,16,19). The summed E-state index contributed by atoms with van der Waals surface area (Å²) in [4.78, 5) is 35.0. The molecule has 7 nitrogen and oxygen atoms in total. The lowest BCUT2D eigenvalue weighted by Gasteiger charge is -2.01. The minimum Gasteiger partial charge on any atom is -0.477 e. The normalized spacial score (nSPS) is 10.7. The van der Waals surface area contributed by atoms with E-state index >= 15 is 0 Å². The molecule has 0 aliphatic rings. The highest BCUT2D eigenvalue weighted by atomic mass is 16.4. The SMILES string of the molecule is O=C(O)c1cc(-c2ccc3[nH]c(=O)[nH]c3c2)ncn1. The van der Waals surface area contributed by atoms with Crippen LogP contribution in [0.15, 0.2) is 35.4 Å². The average molecular weight is 256 g/mol. The molecule has 0 saturated heterocycles. The van der Waals surface area contributed by atoms with Crippen molar-refractivity contribution >= 4 is 17.0 Å². The van der Waals surface area contributed by atoms with E-state index in [1.165, 1.54) is 12.4 Å². The number of carboxylic acids is 1. The van der Waals surface area contributed by atoms with Crippen LogP contribution in [0.2, 0.25) is 0 Å². The number of nitrogens with zero attached hydrogens (tertiary/aromatic N) is 2. The van der Waals surface area contributed by atoms with Crippen molar-refractivity contribution in [3.05, 3.63) is 46.8 Å². The number of rotatable bonds is 2. The van der Waals surface area contributed by atoms with Crippen molar-refractivity contribution in [3.8, 4) is 11.3 Å². The lowest BCUT2D eigenvalue weighted by molar-refractivity contribution is 0.0690. The van der Waals surface area contributed by atoms with E-state index in [4.69, 9.17) is 5.11 Å². The molecule has 2 aromatic heterocycles. The Bertz CT molecular complexity index is 834. The number of fused-ring (bicyclic) bond motifs is 1. The van der Waals surface area contributed by atoms with Crippen LogP contribution in [0.1, 0.15) is 10.5 Å². The third-order valence-electron chi connectivity index (χ3n) is 2.70. The van der Waals surface area contributed by atoms with Gasteiger partial charge in [-0.25, -0.2) is 19.6 Å². The van der Waals surface area contributed by atoms with Crippen molar-refractivity contribution in [2.24, 2.45) is 0 Å². The van der Waals surface area contributed by atoms with Crippen molar-refractivity contribution in [2.75, 3.05) is 0 Å². The number of H-pyrrole nitrogens is 2. The first-order valence-corrected chi connectivity index (χ1v) is 5.41. The number of benzene rings is 1. The lowest BCUT2D eigenvalue weighted by atomic mass is 10.1. The van der Waals surface area contributed by atoms with Crippen LogP contribution in [-0.2, 0) is 0 Å². The van der Waals surface area contributed by atoms with Gasteiger partial charge in [-0.2, -0.15) is 0 Å². The van der Waals surface area contributed by atoms with E-state index in [-0.39, 0.29) is 11.4 Å². The van der Waals surface area contributed by atoms with Gasteiger partial charge in [-0.3, -0.25) is 0 Å². The Hall–Kier alpha value is -2.96. The zero-order valence-corrected chi connectivity index (χ0v) is 9.54. The highest BCUT2D eigenvalue weighted by Gasteiger charge is 2.08. The van der Waals surface area contributed by atoms with Crippen molar-refractivity contribution in [1.29, 1.82) is 0 Å². The Morgan fingerprint density at radius 1 is 1.11 bits per heavy atom. The Morgan fingerprint density at radius 3 is 2.68 bits per heavy atom. The smallest absolute Gasteiger partial charge is 0.354 e. The van der Waals surface area contributed by atoms with Gasteiger partial charge in [0.15, 0.2) is 5.69 Å². The molecule has 94 valence electrons. The van der Waals surface area contributed by atoms with E-state index in [1.807, 2.05) is 0 Å². The zero-order valence-electron chi connectivity index (χ0n) is 9.54. The fourth-order valence-corrected chi connectivity index (χ4v) is 1.82. The van der Waals surface area contributed by atoms with Crippen molar-refractivity contribution in [1.82, 2.24) is 19.9 Å². The van der Waals surface area contributed by atoms with E-state index < -0.39 is 5.97 Å². The molecule has 0 aliphatic heterocycles. The van der Waals surface area contributed by atoms with Crippen LogP contribution < -0.4 is 5.69 Å². The summed E-state index contributed by atoms with van der Waals surface area (Å²) in [5, 5.41) is 8.89. The van der Waals surface area contributed by atoms with Gasteiger partial charge in [0.2, 0.25) is 0 Å². The van der Waals surface area contributed by atoms with Crippen molar-refractivity contribution < 1.29 is 9.90 Å². The van der Waals surface area contributed by atoms with E-state index in [1.54, 1.807) is 18.2 Å². The number of imidazole rings is 1. The Morgan fingerprint density at radius 2 is 1.89 bits per heavy atom. The van der Waals surface area contributed by atoms with E-state index in [2.05, 4.69) is 19.9 Å². The summed E-state index contributed by atoms with van der Waals surface area (Å²) in [6.07, 6.45) is 1.20. The first-order valence-electron chi connectivity index (χ1n) is 5.41. The fraction of sp³-hybridized carbons (Fsp3) is 0. The number of hydrogen-bond acceptors (Lipinski definition) is 4. The Balaban J connectivity index is 2.15. The molecule has 3 rings (SSSR count). The Labute approximate surface area is 106 Å². The van der Waals surface area contributed by atoms with Crippen LogP contribution in [0.5, 0.6) is 0 Å². The molecular formula is C12H8N4O3. The maximum atomic E-state index is 11.2. The number of carbonyl (C=O) groups is 1. The summed E-state index contributed by atoms with van der Waals surface area (Å²) >= 11 is 0. The number of aromatic amines is 2. The van der Waals surface area contributed by atoms with E-state index in [9.17, 15) is 9.59 Å². The molecule has 19 heavy (non-hydrogen) atoms. The van der Waals surface area contributed by atoms with Gasteiger partial charge in [0.1, 0.15) is 6.33 Å². The molecule has 0 bridgehead atoms. The number of aromatic nitrogens is 4. The fourth-order valence-electron chi connectivity index (χ4n) is 1.82. The van der Waals surface area contributed by atoms with E-state index in [0.29, 0.717) is 22.3 Å². The molecule has 7 heteroatoms. The largest absolute Gasteiger partial charge is 0.477 e. The van der Waals surface area contributed by atoms with Gasteiger partial charge >= 0.3 is 11.7 Å². The summed E-state index contributed by atoms with van der Waals surface area (Å²) in [7, 11) is 0. The molecule has 1 aromatic carbocycles. The molecule has 0 unspecified atom stereocenters. The van der Waals surface area contributed by atoms with Gasteiger partial charge in [-0.1, -0.05) is 6.07 Å².